The molecule has 53 heavy (non-hydrogen) atoms. The van der Waals surface area contributed by atoms with Crippen LogP contribution in [0.3, 0.4) is 0 Å². The molecule has 0 atom stereocenters. The number of anilines is 3. The maximum Gasteiger partial charge on any atom is 0.0465 e. The summed E-state index contributed by atoms with van der Waals surface area (Å²) >= 11 is 0. The van der Waals surface area contributed by atoms with E-state index in [1.54, 1.807) is 5.56 Å². The third kappa shape index (κ3) is 5.89. The van der Waals surface area contributed by atoms with Gasteiger partial charge in [0.25, 0.3) is 0 Å². The summed E-state index contributed by atoms with van der Waals surface area (Å²) in [4.78, 5) is 2.52. The van der Waals surface area contributed by atoms with Crippen LogP contribution in [0.5, 0.6) is 0 Å². The van der Waals surface area contributed by atoms with E-state index in [4.69, 9.17) is 0 Å². The summed E-state index contributed by atoms with van der Waals surface area (Å²) in [5.74, 6) is 2.41. The van der Waals surface area contributed by atoms with Gasteiger partial charge >= 0.3 is 0 Å². The molecular formula is C52H57N. The van der Waals surface area contributed by atoms with Gasteiger partial charge in [-0.2, -0.15) is 0 Å². The first-order chi connectivity index (χ1) is 25.9. The zero-order chi connectivity index (χ0) is 35.6. The van der Waals surface area contributed by atoms with E-state index in [1.807, 2.05) is 0 Å². The van der Waals surface area contributed by atoms with E-state index in [-0.39, 0.29) is 5.41 Å². The van der Waals surface area contributed by atoms with Crippen molar-refractivity contribution in [2.45, 2.75) is 133 Å². The van der Waals surface area contributed by atoms with Gasteiger partial charge in [0.1, 0.15) is 0 Å². The summed E-state index contributed by atoms with van der Waals surface area (Å²) in [5.41, 5.74) is 17.0. The molecule has 5 aromatic rings. The van der Waals surface area contributed by atoms with Gasteiger partial charge in [-0.05, 0) is 173 Å². The number of benzene rings is 5. The van der Waals surface area contributed by atoms with Gasteiger partial charge in [0.05, 0.1) is 0 Å². The molecule has 0 radical (unpaired) electrons. The Kier molecular flexibility index (Phi) is 8.42. The molecule has 0 unspecified atom stereocenters. The van der Waals surface area contributed by atoms with Crippen molar-refractivity contribution < 1.29 is 0 Å². The Hall–Kier alpha value is -4.10. The van der Waals surface area contributed by atoms with E-state index in [9.17, 15) is 0 Å². The molecule has 0 aliphatic heterocycles. The molecule has 0 spiro atoms. The summed E-state index contributed by atoms with van der Waals surface area (Å²) in [6.45, 7) is 4.85. The van der Waals surface area contributed by atoms with Crippen LogP contribution in [-0.4, -0.2) is 0 Å². The number of fused-ring (bicyclic) bond motifs is 5. The van der Waals surface area contributed by atoms with E-state index < -0.39 is 0 Å². The van der Waals surface area contributed by atoms with Gasteiger partial charge in [-0.3, -0.25) is 0 Å². The first-order valence-corrected chi connectivity index (χ1v) is 21.4. The van der Waals surface area contributed by atoms with Crippen LogP contribution in [0.4, 0.5) is 17.1 Å². The van der Waals surface area contributed by atoms with Gasteiger partial charge < -0.3 is 4.90 Å². The van der Waals surface area contributed by atoms with Crippen LogP contribution in [0.1, 0.15) is 150 Å². The topological polar surface area (TPSA) is 3.24 Å². The molecule has 0 N–H and O–H groups in total. The largest absolute Gasteiger partial charge is 0.310 e. The van der Waals surface area contributed by atoms with Crippen LogP contribution in [0, 0.1) is 5.92 Å². The second-order valence-electron chi connectivity index (χ2n) is 18.3. The lowest BCUT2D eigenvalue weighted by Crippen LogP contribution is -2.20. The zero-order valence-electron chi connectivity index (χ0n) is 32.2. The van der Waals surface area contributed by atoms with Crippen LogP contribution in [0.15, 0.2) is 109 Å². The molecule has 0 aromatic heterocycles. The maximum absolute atomic E-state index is 2.52. The van der Waals surface area contributed by atoms with Crippen LogP contribution < -0.4 is 4.90 Å². The third-order valence-electron chi connectivity index (χ3n) is 14.9. The molecule has 0 heterocycles. The van der Waals surface area contributed by atoms with Crippen LogP contribution in [-0.2, 0) is 10.8 Å². The van der Waals surface area contributed by atoms with Crippen LogP contribution >= 0.6 is 0 Å². The van der Waals surface area contributed by atoms with Crippen molar-refractivity contribution in [3.63, 3.8) is 0 Å². The van der Waals surface area contributed by atoms with Gasteiger partial charge in [-0.1, -0.05) is 119 Å². The quantitative estimate of drug-likeness (QED) is 0.164. The van der Waals surface area contributed by atoms with E-state index in [1.165, 1.54) is 158 Å². The van der Waals surface area contributed by atoms with E-state index >= 15 is 0 Å². The first-order valence-electron chi connectivity index (χ1n) is 21.4. The Morgan fingerprint density at radius 1 is 0.472 bits per heavy atom. The molecule has 2 bridgehead atoms. The molecular weight excluding hydrogens is 639 g/mol. The predicted molar refractivity (Wildman–Crippen MR) is 224 cm³/mol. The summed E-state index contributed by atoms with van der Waals surface area (Å²) < 4.78 is 0. The molecule has 5 aliphatic rings. The Bertz CT molecular complexity index is 2080. The molecule has 5 aromatic carbocycles. The minimum atomic E-state index is -0.0783. The van der Waals surface area contributed by atoms with Crippen molar-refractivity contribution in [1.29, 1.82) is 0 Å². The highest BCUT2D eigenvalue weighted by Gasteiger charge is 2.45. The van der Waals surface area contributed by atoms with Crippen molar-refractivity contribution in [2.75, 3.05) is 4.90 Å². The second kappa shape index (κ2) is 13.3. The second-order valence-corrected chi connectivity index (χ2v) is 18.3. The van der Waals surface area contributed by atoms with Crippen molar-refractivity contribution >= 4 is 17.1 Å². The molecule has 0 saturated heterocycles. The number of nitrogens with zero attached hydrogens (tertiary/aromatic N) is 1. The Labute approximate surface area is 318 Å². The fourth-order valence-corrected chi connectivity index (χ4v) is 11.8. The molecule has 10 rings (SSSR count). The highest BCUT2D eigenvalue weighted by atomic mass is 15.1. The average Bonchev–Trinajstić information content (AvgIpc) is 3.91. The number of hydrogen-bond acceptors (Lipinski definition) is 1. The van der Waals surface area contributed by atoms with Gasteiger partial charge in [-0.25, -0.2) is 0 Å². The molecule has 5 aliphatic carbocycles. The number of rotatable bonds is 7. The Morgan fingerprint density at radius 2 is 1.02 bits per heavy atom. The van der Waals surface area contributed by atoms with E-state index in [0.717, 1.165) is 11.8 Å². The third-order valence-corrected chi connectivity index (χ3v) is 14.9. The molecule has 270 valence electrons. The Balaban J connectivity index is 1.00. The predicted octanol–water partition coefficient (Wildman–Crippen LogP) is 15.1. The molecule has 1 heteroatoms. The molecule has 4 saturated carbocycles. The minimum absolute atomic E-state index is 0.0783. The lowest BCUT2D eigenvalue weighted by atomic mass is 9.78. The fraction of sp³-hybridized carbons (Fsp3) is 0.423. The maximum atomic E-state index is 2.52. The van der Waals surface area contributed by atoms with Crippen molar-refractivity contribution in [3.8, 4) is 22.3 Å². The lowest BCUT2D eigenvalue weighted by Gasteiger charge is -2.30. The Morgan fingerprint density at radius 3 is 1.60 bits per heavy atom. The molecule has 4 fully saturated rings. The highest BCUT2D eigenvalue weighted by Crippen LogP contribution is 2.56. The fourth-order valence-electron chi connectivity index (χ4n) is 11.8. The SMILES string of the molecule is CC1(C)c2ccc(-c3ccc(C4CCCCC4)cc3)cc2-c2ccc(N(c3ccc(C4CCCCC4)cc3)c3ccc(C45CCC(CC4)C5)cc3)cc21. The van der Waals surface area contributed by atoms with Gasteiger partial charge in [-0.15, -0.1) is 0 Å². The summed E-state index contributed by atoms with van der Waals surface area (Å²) in [6.07, 6.45) is 20.6. The van der Waals surface area contributed by atoms with Gasteiger partial charge in [0, 0.05) is 22.5 Å². The van der Waals surface area contributed by atoms with Gasteiger partial charge in [0.2, 0.25) is 0 Å². The lowest BCUT2D eigenvalue weighted by molar-refractivity contribution is 0.419. The van der Waals surface area contributed by atoms with Crippen molar-refractivity contribution in [3.05, 3.63) is 137 Å². The van der Waals surface area contributed by atoms with E-state index in [0.29, 0.717) is 11.3 Å². The zero-order valence-corrected chi connectivity index (χ0v) is 32.2. The monoisotopic (exact) mass is 695 g/mol. The summed E-state index contributed by atoms with van der Waals surface area (Å²) in [5, 5.41) is 0. The first kappa shape index (κ1) is 33.5. The summed E-state index contributed by atoms with van der Waals surface area (Å²) in [7, 11) is 0. The highest BCUT2D eigenvalue weighted by molar-refractivity contribution is 5.87. The smallest absolute Gasteiger partial charge is 0.0465 e. The van der Waals surface area contributed by atoms with Crippen molar-refractivity contribution in [1.82, 2.24) is 0 Å². The average molecular weight is 696 g/mol. The van der Waals surface area contributed by atoms with Crippen molar-refractivity contribution in [2.24, 2.45) is 5.92 Å². The molecule has 1 nitrogen and oxygen atoms in total. The van der Waals surface area contributed by atoms with Crippen LogP contribution in [0.2, 0.25) is 0 Å². The van der Waals surface area contributed by atoms with E-state index in [2.05, 4.69) is 128 Å². The molecule has 0 amide bonds. The summed E-state index contributed by atoms with van der Waals surface area (Å²) in [6, 6.07) is 43.6. The standard InChI is InChI=1S/C52H57N/c1-51(2)49-28-19-42(41-15-13-39(14-16-41)37-9-5-3-6-10-37)33-48(49)47-27-26-46(34-50(47)51)53(44-22-17-40(18-23-44)38-11-7-4-8-12-38)45-24-20-43(21-25-45)52-31-29-36(35-52)30-32-52/h13-28,33-34,36-38H,3-12,29-32,35H2,1-2H3. The minimum Gasteiger partial charge on any atom is -0.310 e. The van der Waals surface area contributed by atoms with Gasteiger partial charge in [0.15, 0.2) is 0 Å². The number of hydrogen-bond donors (Lipinski definition) is 0. The van der Waals surface area contributed by atoms with Crippen LogP contribution in [0.25, 0.3) is 22.3 Å². The normalized spacial score (nSPS) is 23.5.